The Bertz CT molecular complexity index is 604. The Morgan fingerprint density at radius 3 is 2.35 bits per heavy atom. The fourth-order valence-electron chi connectivity index (χ4n) is 4.18. The minimum absolute atomic E-state index is 0.0756. The van der Waals surface area contributed by atoms with E-state index in [1.54, 1.807) is 6.33 Å². The predicted octanol–water partition coefficient (Wildman–Crippen LogP) is 3.88. The second-order valence-electron chi connectivity index (χ2n) is 8.20. The van der Waals surface area contributed by atoms with Crippen LogP contribution in [-0.4, -0.2) is 36.8 Å². The Kier molecular flexibility index (Phi) is 3.93. The molecule has 2 unspecified atom stereocenters. The summed E-state index contributed by atoms with van der Waals surface area (Å²) in [5.41, 5.74) is 1.33. The van der Waals surface area contributed by atoms with Crippen molar-refractivity contribution in [1.82, 2.24) is 20.0 Å². The molecule has 3 rings (SSSR count). The first-order valence-electron chi connectivity index (χ1n) is 8.84. The molecular weight excluding hydrogens is 286 g/mol. The van der Waals surface area contributed by atoms with E-state index >= 15 is 0 Å². The normalized spacial score (nSPS) is 30.5. The minimum Gasteiger partial charge on any atom is -0.286 e. The van der Waals surface area contributed by atoms with E-state index in [1.165, 1.54) is 25.0 Å². The number of hydrazone groups is 1. The zero-order valence-electron chi connectivity index (χ0n) is 15.3. The fraction of sp³-hybridized carbons (Fsp3) is 0.778. The summed E-state index contributed by atoms with van der Waals surface area (Å²) >= 11 is 0. The molecule has 0 aliphatic carbocycles. The van der Waals surface area contributed by atoms with Crippen LogP contribution in [-0.2, 0) is 0 Å². The molecule has 23 heavy (non-hydrogen) atoms. The summed E-state index contributed by atoms with van der Waals surface area (Å²) in [5, 5.41) is 7.58. The summed E-state index contributed by atoms with van der Waals surface area (Å²) in [4.78, 5) is 13.4. The lowest BCUT2D eigenvalue weighted by Gasteiger charge is -2.51. The third kappa shape index (κ3) is 2.74. The Balaban J connectivity index is 2.06. The van der Waals surface area contributed by atoms with Gasteiger partial charge in [0.25, 0.3) is 0 Å². The van der Waals surface area contributed by atoms with Gasteiger partial charge in [-0.2, -0.15) is 5.10 Å². The molecule has 0 amide bonds. The number of piperidine rings is 1. The molecule has 2 aliphatic heterocycles. The molecule has 1 aromatic rings. The molecule has 126 valence electrons. The van der Waals surface area contributed by atoms with Gasteiger partial charge in [0.1, 0.15) is 18.0 Å². The van der Waals surface area contributed by atoms with Crippen molar-refractivity contribution in [3.63, 3.8) is 0 Å². The van der Waals surface area contributed by atoms with Crippen LogP contribution in [0.15, 0.2) is 11.4 Å². The standard InChI is InChI=1S/C18H29N5/c1-7-13-14(12(2)15-19-11-20-16(13)21-15)22-23-17(3,4)9-8-10-18(23,5)6/h11-13H,7-10H2,1-6H3. The van der Waals surface area contributed by atoms with Gasteiger partial charge >= 0.3 is 0 Å². The smallest absolute Gasteiger partial charge is 0.141 e. The van der Waals surface area contributed by atoms with Crippen LogP contribution in [0.3, 0.4) is 0 Å². The van der Waals surface area contributed by atoms with Gasteiger partial charge in [0, 0.05) is 0 Å². The van der Waals surface area contributed by atoms with Gasteiger partial charge in [-0.1, -0.05) is 6.92 Å². The minimum atomic E-state index is 0.0756. The van der Waals surface area contributed by atoms with Gasteiger partial charge in [-0.05, 0) is 60.3 Å². The molecule has 0 N–H and O–H groups in total. The average Bonchev–Trinajstić information content (AvgIpc) is 2.48. The van der Waals surface area contributed by atoms with E-state index in [0.29, 0.717) is 0 Å². The molecule has 0 aromatic carbocycles. The van der Waals surface area contributed by atoms with Crippen molar-refractivity contribution in [2.75, 3.05) is 0 Å². The number of fused-ring (bicyclic) bond motifs is 2. The molecular formula is C18H29N5. The summed E-state index contributed by atoms with van der Waals surface area (Å²) in [6.07, 6.45) is 6.23. The lowest BCUT2D eigenvalue weighted by Crippen LogP contribution is -2.56. The molecule has 1 fully saturated rings. The number of aromatic nitrogens is 3. The van der Waals surface area contributed by atoms with Crippen LogP contribution in [0.25, 0.3) is 0 Å². The largest absolute Gasteiger partial charge is 0.286 e. The van der Waals surface area contributed by atoms with Crippen molar-refractivity contribution >= 4 is 5.71 Å². The Hall–Kier alpha value is -1.52. The van der Waals surface area contributed by atoms with Gasteiger partial charge < -0.3 is 0 Å². The number of hydrogen-bond donors (Lipinski definition) is 0. The lowest BCUT2D eigenvalue weighted by atomic mass is 9.81. The third-order valence-corrected chi connectivity index (χ3v) is 5.46. The Labute approximate surface area is 139 Å². The van der Waals surface area contributed by atoms with E-state index < -0.39 is 0 Å². The maximum Gasteiger partial charge on any atom is 0.141 e. The van der Waals surface area contributed by atoms with Gasteiger partial charge in [-0.15, -0.1) is 0 Å². The third-order valence-electron chi connectivity index (χ3n) is 5.46. The highest BCUT2D eigenvalue weighted by Gasteiger charge is 2.42. The summed E-state index contributed by atoms with van der Waals surface area (Å²) in [6.45, 7) is 13.6. The van der Waals surface area contributed by atoms with Crippen LogP contribution < -0.4 is 0 Å². The van der Waals surface area contributed by atoms with Crippen molar-refractivity contribution in [3.8, 4) is 0 Å². The summed E-state index contributed by atoms with van der Waals surface area (Å²) in [5.74, 6) is 2.09. The van der Waals surface area contributed by atoms with E-state index in [-0.39, 0.29) is 22.9 Å². The SMILES string of the molecule is CCC1C(=NN2C(C)(C)CCCC2(C)C)C(C)c2ncnc1n2. The highest BCUT2D eigenvalue weighted by molar-refractivity contribution is 5.96. The summed E-state index contributed by atoms with van der Waals surface area (Å²) in [7, 11) is 0. The molecule has 5 nitrogen and oxygen atoms in total. The van der Waals surface area contributed by atoms with Crippen molar-refractivity contribution in [2.45, 2.75) is 90.1 Å². The zero-order chi connectivity index (χ0) is 16.8. The fourth-order valence-corrected chi connectivity index (χ4v) is 4.18. The number of nitrogens with zero attached hydrogens (tertiary/aromatic N) is 5. The van der Waals surface area contributed by atoms with Crippen LogP contribution in [0, 0.1) is 0 Å². The number of rotatable bonds is 2. The second kappa shape index (κ2) is 5.53. The molecule has 0 spiro atoms. The molecule has 5 heteroatoms. The van der Waals surface area contributed by atoms with Crippen LogP contribution in [0.2, 0.25) is 0 Å². The van der Waals surface area contributed by atoms with Gasteiger partial charge in [-0.3, -0.25) is 5.01 Å². The first-order valence-corrected chi connectivity index (χ1v) is 8.84. The summed E-state index contributed by atoms with van der Waals surface area (Å²) in [6, 6.07) is 0. The van der Waals surface area contributed by atoms with Gasteiger partial charge in [0.15, 0.2) is 0 Å². The van der Waals surface area contributed by atoms with E-state index in [1.807, 2.05) is 0 Å². The van der Waals surface area contributed by atoms with Gasteiger partial charge in [0.2, 0.25) is 0 Å². The molecule has 2 atom stereocenters. The Morgan fingerprint density at radius 2 is 1.74 bits per heavy atom. The van der Waals surface area contributed by atoms with Gasteiger partial charge in [-0.25, -0.2) is 15.0 Å². The van der Waals surface area contributed by atoms with Crippen molar-refractivity contribution in [3.05, 3.63) is 18.0 Å². The summed E-state index contributed by atoms with van der Waals surface area (Å²) < 4.78 is 0. The number of hydrogen-bond acceptors (Lipinski definition) is 5. The lowest BCUT2D eigenvalue weighted by molar-refractivity contribution is -0.0253. The second-order valence-corrected chi connectivity index (χ2v) is 8.20. The molecule has 1 aromatic heterocycles. The maximum atomic E-state index is 5.23. The van der Waals surface area contributed by atoms with E-state index in [2.05, 4.69) is 61.5 Å². The highest BCUT2D eigenvalue weighted by atomic mass is 15.5. The van der Waals surface area contributed by atoms with Crippen LogP contribution in [0.4, 0.5) is 0 Å². The van der Waals surface area contributed by atoms with Gasteiger partial charge in [0.05, 0.1) is 28.6 Å². The molecule has 3 heterocycles. The van der Waals surface area contributed by atoms with Crippen LogP contribution in [0.5, 0.6) is 0 Å². The quantitative estimate of drug-likeness (QED) is 0.831. The highest BCUT2D eigenvalue weighted by Crippen LogP contribution is 2.40. The predicted molar refractivity (Wildman–Crippen MR) is 92.6 cm³/mol. The van der Waals surface area contributed by atoms with Crippen LogP contribution in [0.1, 0.15) is 90.7 Å². The topological polar surface area (TPSA) is 54.3 Å². The Morgan fingerprint density at radius 1 is 1.13 bits per heavy atom. The molecule has 0 saturated carbocycles. The average molecular weight is 315 g/mol. The zero-order valence-corrected chi connectivity index (χ0v) is 15.3. The van der Waals surface area contributed by atoms with Crippen molar-refractivity contribution in [1.29, 1.82) is 0 Å². The first kappa shape index (κ1) is 16.3. The molecule has 2 bridgehead atoms. The monoisotopic (exact) mass is 315 g/mol. The van der Waals surface area contributed by atoms with E-state index in [0.717, 1.165) is 18.1 Å². The molecule has 2 aliphatic rings. The van der Waals surface area contributed by atoms with Crippen molar-refractivity contribution in [2.24, 2.45) is 5.10 Å². The first-order chi connectivity index (χ1) is 10.8. The van der Waals surface area contributed by atoms with E-state index in [9.17, 15) is 0 Å². The van der Waals surface area contributed by atoms with E-state index in [4.69, 9.17) is 5.10 Å². The molecule has 1 saturated heterocycles. The maximum absolute atomic E-state index is 5.23. The molecule has 0 radical (unpaired) electrons. The van der Waals surface area contributed by atoms with Crippen molar-refractivity contribution < 1.29 is 0 Å². The van der Waals surface area contributed by atoms with Crippen LogP contribution >= 0.6 is 0 Å².